The number of hydrogen-bond acceptors (Lipinski definition) is 5. The molecule has 0 saturated carbocycles. The lowest BCUT2D eigenvalue weighted by Gasteiger charge is -2.19. The van der Waals surface area contributed by atoms with Gasteiger partial charge in [-0.2, -0.15) is 0 Å². The largest absolute Gasteiger partial charge is 0.388 e. The molecule has 7 nitrogen and oxygen atoms in total. The molecule has 2 aromatic heterocycles. The summed E-state index contributed by atoms with van der Waals surface area (Å²) in [6, 6.07) is 15.6. The van der Waals surface area contributed by atoms with E-state index in [0.717, 1.165) is 16.5 Å². The van der Waals surface area contributed by atoms with E-state index in [1.165, 1.54) is 18.5 Å². The first-order valence-corrected chi connectivity index (χ1v) is 9.53. The van der Waals surface area contributed by atoms with E-state index in [-0.39, 0.29) is 12.4 Å². The minimum Gasteiger partial charge on any atom is -0.388 e. The lowest BCUT2D eigenvalue weighted by atomic mass is 10.1. The second kappa shape index (κ2) is 7.49. The van der Waals surface area contributed by atoms with Gasteiger partial charge in [-0.3, -0.25) is 4.57 Å². The zero-order valence-electron chi connectivity index (χ0n) is 15.8. The van der Waals surface area contributed by atoms with Crippen molar-refractivity contribution in [1.82, 2.24) is 14.5 Å². The van der Waals surface area contributed by atoms with Gasteiger partial charge in [0.25, 0.3) is 0 Å². The molecule has 152 valence electrons. The second-order valence-corrected chi connectivity index (χ2v) is 7.14. The lowest BCUT2D eigenvalue weighted by molar-refractivity contribution is -0.0168. The molecule has 30 heavy (non-hydrogen) atoms. The number of aromatic amines is 1. The summed E-state index contributed by atoms with van der Waals surface area (Å²) in [7, 11) is 0. The lowest BCUT2D eigenvalue weighted by Crippen LogP contribution is -2.29. The molecule has 5 rings (SSSR count). The van der Waals surface area contributed by atoms with Crippen LogP contribution in [0, 0.1) is 5.82 Å². The van der Waals surface area contributed by atoms with Crippen LogP contribution in [-0.2, 0) is 4.74 Å². The molecule has 0 amide bonds. The first-order valence-electron chi connectivity index (χ1n) is 9.53. The predicted molar refractivity (Wildman–Crippen MR) is 108 cm³/mol. The molecule has 8 heteroatoms. The van der Waals surface area contributed by atoms with Gasteiger partial charge in [0.15, 0.2) is 11.7 Å². The standard InChI is InChI=1S/C22H19FN4O3/c23-14-6-8-15(9-7-14)26-20-18-16(13-4-2-1-3-5-13)10-24-21(18)27(12-25-20)22-19(29)17(28)11-30-22/h1-10,12,17,19,22,24,28-29H,11H2/t17-,19-,22-/m1/s1. The zero-order valence-corrected chi connectivity index (χ0v) is 15.8. The quantitative estimate of drug-likeness (QED) is 0.487. The van der Waals surface area contributed by atoms with E-state index < -0.39 is 18.4 Å². The van der Waals surface area contributed by atoms with Crippen molar-refractivity contribution in [3.8, 4) is 11.1 Å². The highest BCUT2D eigenvalue weighted by molar-refractivity contribution is 5.93. The van der Waals surface area contributed by atoms with E-state index in [9.17, 15) is 14.6 Å². The van der Waals surface area contributed by atoms with Gasteiger partial charge in [0.1, 0.15) is 30.0 Å². The Balaban J connectivity index is 1.75. The van der Waals surface area contributed by atoms with Gasteiger partial charge in [0.2, 0.25) is 0 Å². The SMILES string of the molecule is O[C@@H]1[C@H](O)CO[C@H]1n1cnc(=Nc2ccc(F)cc2)c2c(-c3ccccc3)c[nH]c21. The Morgan fingerprint density at radius 3 is 2.57 bits per heavy atom. The molecule has 0 unspecified atom stereocenters. The molecule has 0 spiro atoms. The van der Waals surface area contributed by atoms with Crippen molar-refractivity contribution in [3.63, 3.8) is 0 Å². The van der Waals surface area contributed by atoms with Crippen molar-refractivity contribution in [2.75, 3.05) is 6.61 Å². The highest BCUT2D eigenvalue weighted by Gasteiger charge is 2.36. The van der Waals surface area contributed by atoms with Gasteiger partial charge >= 0.3 is 0 Å². The van der Waals surface area contributed by atoms with Crippen molar-refractivity contribution in [2.45, 2.75) is 18.4 Å². The minimum absolute atomic E-state index is 0.0360. The van der Waals surface area contributed by atoms with Crippen LogP contribution in [0.3, 0.4) is 0 Å². The number of aliphatic hydroxyl groups is 2. The van der Waals surface area contributed by atoms with Crippen molar-refractivity contribution in [2.24, 2.45) is 4.99 Å². The maximum absolute atomic E-state index is 13.3. The third-order valence-electron chi connectivity index (χ3n) is 5.19. The monoisotopic (exact) mass is 406 g/mol. The van der Waals surface area contributed by atoms with Crippen LogP contribution in [-0.4, -0.2) is 43.6 Å². The van der Waals surface area contributed by atoms with Crippen LogP contribution >= 0.6 is 0 Å². The summed E-state index contributed by atoms with van der Waals surface area (Å²) in [6.45, 7) is 0.0360. The topological polar surface area (TPSA) is 95.7 Å². The van der Waals surface area contributed by atoms with E-state index in [4.69, 9.17) is 4.74 Å². The molecule has 1 aliphatic rings. The molecule has 1 fully saturated rings. The molecule has 1 aliphatic heterocycles. The fourth-order valence-electron chi connectivity index (χ4n) is 3.67. The molecule has 3 heterocycles. The van der Waals surface area contributed by atoms with Gasteiger partial charge in [-0.05, 0) is 29.8 Å². The summed E-state index contributed by atoms with van der Waals surface area (Å²) < 4.78 is 20.5. The number of H-pyrrole nitrogens is 1. The van der Waals surface area contributed by atoms with E-state index in [1.54, 1.807) is 16.7 Å². The number of aliphatic hydroxyl groups excluding tert-OH is 2. The molecule has 3 atom stereocenters. The van der Waals surface area contributed by atoms with Crippen LogP contribution in [0.4, 0.5) is 10.1 Å². The number of nitrogens with one attached hydrogen (secondary N) is 1. The van der Waals surface area contributed by atoms with Gasteiger partial charge in [-0.25, -0.2) is 14.4 Å². The van der Waals surface area contributed by atoms with Crippen LogP contribution in [0.5, 0.6) is 0 Å². The molecule has 2 aromatic carbocycles. The average molecular weight is 406 g/mol. The zero-order chi connectivity index (χ0) is 20.7. The fraction of sp³-hybridized carbons (Fsp3) is 0.182. The maximum atomic E-state index is 13.3. The van der Waals surface area contributed by atoms with Crippen LogP contribution in [0.15, 0.2) is 72.1 Å². The first kappa shape index (κ1) is 18.7. The van der Waals surface area contributed by atoms with Gasteiger partial charge in [-0.15, -0.1) is 0 Å². The fourth-order valence-corrected chi connectivity index (χ4v) is 3.67. The Bertz CT molecular complexity index is 1250. The van der Waals surface area contributed by atoms with Crippen LogP contribution < -0.4 is 5.49 Å². The minimum atomic E-state index is -1.08. The van der Waals surface area contributed by atoms with Crippen LogP contribution in [0.25, 0.3) is 22.2 Å². The van der Waals surface area contributed by atoms with Crippen molar-refractivity contribution >= 4 is 16.7 Å². The Hall–Kier alpha value is -3.33. The summed E-state index contributed by atoms with van der Waals surface area (Å²) >= 11 is 0. The number of halogens is 1. The summed E-state index contributed by atoms with van der Waals surface area (Å²) in [5.41, 5.74) is 3.49. The summed E-state index contributed by atoms with van der Waals surface area (Å²) in [5.74, 6) is -0.337. The van der Waals surface area contributed by atoms with Gasteiger partial charge in [0.05, 0.1) is 17.7 Å². The number of hydrogen-bond donors (Lipinski definition) is 3. The normalized spacial score (nSPS) is 22.1. The summed E-state index contributed by atoms with van der Waals surface area (Å²) in [6.07, 6.45) is 0.534. The van der Waals surface area contributed by atoms with E-state index in [0.29, 0.717) is 16.8 Å². The molecular weight excluding hydrogens is 387 g/mol. The van der Waals surface area contributed by atoms with Crippen molar-refractivity contribution < 1.29 is 19.3 Å². The molecule has 0 aliphatic carbocycles. The molecule has 1 saturated heterocycles. The maximum Gasteiger partial charge on any atom is 0.165 e. The number of ether oxygens (including phenoxy) is 1. The van der Waals surface area contributed by atoms with E-state index in [1.807, 2.05) is 36.5 Å². The third kappa shape index (κ3) is 3.21. The molecule has 4 aromatic rings. The second-order valence-electron chi connectivity index (χ2n) is 7.14. The Morgan fingerprint density at radius 1 is 1.10 bits per heavy atom. The predicted octanol–water partition coefficient (Wildman–Crippen LogP) is 2.65. The molecular formula is C22H19FN4O3. The average Bonchev–Trinajstić information content (AvgIpc) is 3.35. The Kier molecular flexibility index (Phi) is 4.66. The third-order valence-corrected chi connectivity index (χ3v) is 5.19. The number of nitrogens with zero attached hydrogens (tertiary/aromatic N) is 3. The summed E-state index contributed by atoms with van der Waals surface area (Å²) in [5, 5.41) is 20.9. The first-order chi connectivity index (χ1) is 14.6. The Labute approximate surface area is 170 Å². The van der Waals surface area contributed by atoms with Crippen LogP contribution in [0.1, 0.15) is 6.23 Å². The molecule has 0 radical (unpaired) electrons. The highest BCUT2D eigenvalue weighted by atomic mass is 19.1. The summed E-state index contributed by atoms with van der Waals surface area (Å²) in [4.78, 5) is 12.3. The van der Waals surface area contributed by atoms with Crippen molar-refractivity contribution in [1.29, 1.82) is 0 Å². The van der Waals surface area contributed by atoms with E-state index >= 15 is 0 Å². The number of rotatable bonds is 3. The van der Waals surface area contributed by atoms with Gasteiger partial charge in [-0.1, -0.05) is 30.3 Å². The molecule has 0 bridgehead atoms. The van der Waals surface area contributed by atoms with Gasteiger partial charge in [0, 0.05) is 11.8 Å². The van der Waals surface area contributed by atoms with E-state index in [2.05, 4.69) is 15.0 Å². The smallest absolute Gasteiger partial charge is 0.165 e. The van der Waals surface area contributed by atoms with Gasteiger partial charge < -0.3 is 19.9 Å². The van der Waals surface area contributed by atoms with Crippen LogP contribution in [0.2, 0.25) is 0 Å². The molecule has 3 N–H and O–H groups in total. The van der Waals surface area contributed by atoms with Crippen molar-refractivity contribution in [3.05, 3.63) is 78.4 Å². The number of fused-ring (bicyclic) bond motifs is 1. The number of benzene rings is 2. The number of aromatic nitrogens is 3. The Morgan fingerprint density at radius 2 is 1.87 bits per heavy atom. The highest BCUT2D eigenvalue weighted by Crippen LogP contribution is 2.30.